The van der Waals surface area contributed by atoms with Gasteiger partial charge in [0.25, 0.3) is 11.5 Å². The number of amides is 1. The molecule has 1 saturated carbocycles. The van der Waals surface area contributed by atoms with Crippen molar-refractivity contribution in [3.8, 4) is 0 Å². The molecular formula is C23H24ClN3O2S. The SMILES string of the molecule is O=C(NC1CCCCCC1)c1ccc2c(=O)n(Cc3ccc(Cl)cc3)c(=S)[nH]c2c1. The number of carbonyl (C=O) groups is 1. The van der Waals surface area contributed by atoms with E-state index in [0.717, 1.165) is 31.2 Å². The van der Waals surface area contributed by atoms with E-state index in [2.05, 4.69) is 10.3 Å². The van der Waals surface area contributed by atoms with E-state index >= 15 is 0 Å². The Kier molecular flexibility index (Phi) is 6.35. The van der Waals surface area contributed by atoms with E-state index in [9.17, 15) is 9.59 Å². The molecule has 0 saturated heterocycles. The van der Waals surface area contributed by atoms with Crippen LogP contribution in [0.1, 0.15) is 54.4 Å². The molecule has 1 aromatic heterocycles. The van der Waals surface area contributed by atoms with Crippen LogP contribution < -0.4 is 10.9 Å². The van der Waals surface area contributed by atoms with Crippen molar-refractivity contribution in [2.24, 2.45) is 0 Å². The second-order valence-corrected chi connectivity index (χ2v) is 8.69. The van der Waals surface area contributed by atoms with Gasteiger partial charge >= 0.3 is 0 Å². The van der Waals surface area contributed by atoms with Crippen molar-refractivity contribution in [3.63, 3.8) is 0 Å². The average molecular weight is 442 g/mol. The van der Waals surface area contributed by atoms with Crippen LogP contribution in [0.15, 0.2) is 47.3 Å². The van der Waals surface area contributed by atoms with Crippen LogP contribution in [0.4, 0.5) is 0 Å². The molecule has 1 fully saturated rings. The van der Waals surface area contributed by atoms with Gasteiger partial charge in [0.2, 0.25) is 0 Å². The van der Waals surface area contributed by atoms with Gasteiger partial charge in [-0.1, -0.05) is 49.4 Å². The maximum absolute atomic E-state index is 13.0. The average Bonchev–Trinajstić information content (AvgIpc) is 3.00. The zero-order valence-electron chi connectivity index (χ0n) is 16.6. The number of hydrogen-bond donors (Lipinski definition) is 2. The molecule has 1 heterocycles. The molecule has 2 N–H and O–H groups in total. The fourth-order valence-corrected chi connectivity index (χ4v) is 4.39. The molecule has 0 spiro atoms. The maximum atomic E-state index is 13.0. The number of fused-ring (bicyclic) bond motifs is 1. The van der Waals surface area contributed by atoms with E-state index in [4.69, 9.17) is 23.8 Å². The highest BCUT2D eigenvalue weighted by molar-refractivity contribution is 7.71. The fourth-order valence-electron chi connectivity index (χ4n) is 4.00. The molecule has 1 aliphatic rings. The maximum Gasteiger partial charge on any atom is 0.262 e. The monoisotopic (exact) mass is 441 g/mol. The quantitative estimate of drug-likeness (QED) is 0.431. The van der Waals surface area contributed by atoms with E-state index in [1.54, 1.807) is 30.3 Å². The highest BCUT2D eigenvalue weighted by Crippen LogP contribution is 2.18. The fraction of sp³-hybridized carbons (Fsp3) is 0.348. The smallest absolute Gasteiger partial charge is 0.262 e. The van der Waals surface area contributed by atoms with Gasteiger partial charge in [-0.15, -0.1) is 0 Å². The standard InChI is InChI=1S/C23H24ClN3O2S/c24-17-10-7-15(8-11-17)14-27-22(29)19-12-9-16(13-20(19)26-23(27)30)21(28)25-18-5-3-1-2-4-6-18/h7-13,18H,1-6,14H2,(H,25,28)(H,26,30). The molecule has 0 aliphatic heterocycles. The second kappa shape index (κ2) is 9.14. The molecule has 0 unspecified atom stereocenters. The van der Waals surface area contributed by atoms with Gasteiger partial charge in [0.15, 0.2) is 4.77 Å². The Balaban J connectivity index is 1.60. The summed E-state index contributed by atoms with van der Waals surface area (Å²) >= 11 is 11.4. The number of H-pyrrole nitrogens is 1. The summed E-state index contributed by atoms with van der Waals surface area (Å²) in [7, 11) is 0. The van der Waals surface area contributed by atoms with Crippen LogP contribution in [0.25, 0.3) is 10.9 Å². The van der Waals surface area contributed by atoms with E-state index in [0.29, 0.717) is 32.8 Å². The summed E-state index contributed by atoms with van der Waals surface area (Å²) in [5, 5.41) is 4.29. The lowest BCUT2D eigenvalue weighted by atomic mass is 10.1. The number of halogens is 1. The van der Waals surface area contributed by atoms with Crippen LogP contribution in [0.3, 0.4) is 0 Å². The van der Waals surface area contributed by atoms with Crippen molar-refractivity contribution in [2.75, 3.05) is 0 Å². The van der Waals surface area contributed by atoms with Crippen molar-refractivity contribution in [1.82, 2.24) is 14.9 Å². The molecular weight excluding hydrogens is 418 g/mol. The van der Waals surface area contributed by atoms with E-state index < -0.39 is 0 Å². The lowest BCUT2D eigenvalue weighted by Gasteiger charge is -2.16. The minimum absolute atomic E-state index is 0.103. The Bertz CT molecular complexity index is 1180. The van der Waals surface area contributed by atoms with Crippen LogP contribution >= 0.6 is 23.8 Å². The number of carbonyl (C=O) groups excluding carboxylic acids is 1. The minimum atomic E-state index is -0.181. The molecule has 156 valence electrons. The Morgan fingerprint density at radius 3 is 2.50 bits per heavy atom. The third-order valence-corrected chi connectivity index (χ3v) is 6.26. The molecule has 0 bridgehead atoms. The van der Waals surface area contributed by atoms with Crippen molar-refractivity contribution < 1.29 is 4.79 Å². The van der Waals surface area contributed by atoms with E-state index in [-0.39, 0.29) is 17.5 Å². The first-order valence-electron chi connectivity index (χ1n) is 10.3. The third kappa shape index (κ3) is 4.65. The lowest BCUT2D eigenvalue weighted by molar-refractivity contribution is 0.0933. The van der Waals surface area contributed by atoms with Crippen molar-refractivity contribution in [2.45, 2.75) is 51.1 Å². The van der Waals surface area contributed by atoms with Crippen LogP contribution in [-0.4, -0.2) is 21.5 Å². The summed E-state index contributed by atoms with van der Waals surface area (Å²) in [6.07, 6.45) is 6.84. The Hall–Kier alpha value is -2.44. The summed E-state index contributed by atoms with van der Waals surface area (Å²) in [6, 6.07) is 12.7. The molecule has 2 aromatic carbocycles. The van der Waals surface area contributed by atoms with Gasteiger partial charge in [-0.3, -0.25) is 14.2 Å². The first-order valence-corrected chi connectivity index (χ1v) is 11.1. The predicted octanol–water partition coefficient (Wildman–Crippen LogP) is 5.21. The Morgan fingerprint density at radius 1 is 1.10 bits per heavy atom. The predicted molar refractivity (Wildman–Crippen MR) is 123 cm³/mol. The van der Waals surface area contributed by atoms with Crippen LogP contribution in [0.5, 0.6) is 0 Å². The normalized spacial score (nSPS) is 15.1. The summed E-state index contributed by atoms with van der Waals surface area (Å²) in [6.45, 7) is 0.352. The summed E-state index contributed by atoms with van der Waals surface area (Å²) in [5.41, 5.74) is 1.86. The molecule has 30 heavy (non-hydrogen) atoms. The number of nitrogens with zero attached hydrogens (tertiary/aromatic N) is 1. The first kappa shape index (κ1) is 20.8. The van der Waals surface area contributed by atoms with Crippen molar-refractivity contribution >= 4 is 40.6 Å². The minimum Gasteiger partial charge on any atom is -0.349 e. The first-order chi connectivity index (χ1) is 14.5. The van der Waals surface area contributed by atoms with Gasteiger partial charge in [-0.05, 0) is 61.0 Å². The molecule has 0 atom stereocenters. The van der Waals surface area contributed by atoms with Crippen LogP contribution in [0, 0.1) is 4.77 Å². The van der Waals surface area contributed by atoms with Crippen molar-refractivity contribution in [1.29, 1.82) is 0 Å². The summed E-state index contributed by atoms with van der Waals surface area (Å²) in [4.78, 5) is 28.8. The largest absolute Gasteiger partial charge is 0.349 e. The van der Waals surface area contributed by atoms with Gasteiger partial charge in [-0.2, -0.15) is 0 Å². The van der Waals surface area contributed by atoms with Gasteiger partial charge in [0, 0.05) is 16.6 Å². The topological polar surface area (TPSA) is 66.9 Å². The number of aromatic nitrogens is 2. The number of benzene rings is 2. The molecule has 0 radical (unpaired) electrons. The zero-order chi connectivity index (χ0) is 21.1. The molecule has 3 aromatic rings. The van der Waals surface area contributed by atoms with Gasteiger partial charge in [0.05, 0.1) is 17.4 Å². The zero-order valence-corrected chi connectivity index (χ0v) is 18.2. The third-order valence-electron chi connectivity index (χ3n) is 5.69. The number of nitrogens with one attached hydrogen (secondary N) is 2. The van der Waals surface area contributed by atoms with Gasteiger partial charge < -0.3 is 10.3 Å². The highest BCUT2D eigenvalue weighted by Gasteiger charge is 2.17. The molecule has 5 nitrogen and oxygen atoms in total. The second-order valence-electron chi connectivity index (χ2n) is 7.87. The van der Waals surface area contributed by atoms with Crippen LogP contribution in [0.2, 0.25) is 5.02 Å². The molecule has 7 heteroatoms. The van der Waals surface area contributed by atoms with Gasteiger partial charge in [-0.25, -0.2) is 0 Å². The number of rotatable bonds is 4. The van der Waals surface area contributed by atoms with Crippen LogP contribution in [-0.2, 0) is 6.54 Å². The molecule has 4 rings (SSSR count). The number of aromatic amines is 1. The Labute approximate surface area is 185 Å². The van der Waals surface area contributed by atoms with E-state index in [1.807, 2.05) is 12.1 Å². The molecule has 1 amide bonds. The number of hydrogen-bond acceptors (Lipinski definition) is 3. The van der Waals surface area contributed by atoms with Crippen molar-refractivity contribution in [3.05, 3.63) is 73.7 Å². The summed E-state index contributed by atoms with van der Waals surface area (Å²) in [5.74, 6) is -0.103. The highest BCUT2D eigenvalue weighted by atomic mass is 35.5. The summed E-state index contributed by atoms with van der Waals surface area (Å²) < 4.78 is 1.84. The van der Waals surface area contributed by atoms with Gasteiger partial charge in [0.1, 0.15) is 0 Å². The Morgan fingerprint density at radius 2 is 1.80 bits per heavy atom. The lowest BCUT2D eigenvalue weighted by Crippen LogP contribution is -2.34. The van der Waals surface area contributed by atoms with E-state index in [1.165, 1.54) is 17.4 Å². The molecule has 1 aliphatic carbocycles.